The van der Waals surface area contributed by atoms with Gasteiger partial charge in [-0.2, -0.15) is 0 Å². The van der Waals surface area contributed by atoms with Gasteiger partial charge in [-0.3, -0.25) is 4.79 Å². The van der Waals surface area contributed by atoms with Crippen LogP contribution in [0.15, 0.2) is 30.3 Å². The number of methoxy groups -OCH3 is 1. The molecule has 18 atom stereocenters. The minimum atomic E-state index is -1.81. The summed E-state index contributed by atoms with van der Waals surface area (Å²) in [5.74, 6) is -1.97. The molecule has 1 saturated carbocycles. The van der Waals surface area contributed by atoms with Gasteiger partial charge in [-0.15, -0.1) is 0 Å². The van der Waals surface area contributed by atoms with Crippen LogP contribution in [0, 0.1) is 17.8 Å². The number of esters is 1. The smallest absolute Gasteiger partial charge is 0.311 e. The summed E-state index contributed by atoms with van der Waals surface area (Å²) in [4.78, 5) is 14.5. The molecule has 4 fully saturated rings. The van der Waals surface area contributed by atoms with Gasteiger partial charge in [0.2, 0.25) is 0 Å². The minimum Gasteiger partial charge on any atom is -0.483 e. The number of rotatable bonds is 12. The van der Waals surface area contributed by atoms with Gasteiger partial charge in [-0.1, -0.05) is 45.4 Å². The highest BCUT2D eigenvalue weighted by Crippen LogP contribution is 2.43. The van der Waals surface area contributed by atoms with Crippen LogP contribution in [0.5, 0.6) is 5.75 Å². The van der Waals surface area contributed by atoms with E-state index >= 15 is 0 Å². The van der Waals surface area contributed by atoms with Crippen molar-refractivity contribution >= 4 is 5.97 Å². The topological polar surface area (TPSA) is 199 Å². The quantitative estimate of drug-likeness (QED) is 0.150. The van der Waals surface area contributed by atoms with E-state index in [0.29, 0.717) is 24.8 Å². The van der Waals surface area contributed by atoms with E-state index in [0.717, 1.165) is 19.3 Å². The Hall–Kier alpha value is -1.99. The number of cyclic esters (lactones) is 1. The van der Waals surface area contributed by atoms with Crippen LogP contribution >= 0.6 is 0 Å². The second-order valence-corrected chi connectivity index (χ2v) is 19.8. The summed E-state index contributed by atoms with van der Waals surface area (Å²) < 4.78 is 46.1. The van der Waals surface area contributed by atoms with E-state index in [9.17, 15) is 25.2 Å². The molecule has 3 heterocycles. The number of aliphatic hydroxyl groups is 4. The van der Waals surface area contributed by atoms with Gasteiger partial charge >= 0.3 is 5.97 Å². The number of aliphatic hydroxyl groups excluding tert-OH is 1. The van der Waals surface area contributed by atoms with Crippen molar-refractivity contribution in [3.8, 4) is 5.75 Å². The Bertz CT molecular complexity index is 1550. The average molecular weight is 880 g/mol. The molecule has 0 bridgehead atoms. The van der Waals surface area contributed by atoms with Crippen molar-refractivity contribution in [1.82, 2.24) is 16.0 Å². The predicted molar refractivity (Wildman–Crippen MR) is 234 cm³/mol. The molecule has 0 radical (unpaired) electrons. The number of hydrogen-bond donors (Lipinski definition) is 7. The molecular weight excluding hydrogens is 799 g/mol. The Morgan fingerprint density at radius 2 is 1.61 bits per heavy atom. The monoisotopic (exact) mass is 880 g/mol. The normalized spacial score (nSPS) is 45.6. The molecule has 0 amide bonds. The largest absolute Gasteiger partial charge is 0.483 e. The number of carbonyl (C=O) groups excluding carboxylic acids is 1. The summed E-state index contributed by atoms with van der Waals surface area (Å²) in [5, 5.41) is 58.6. The third-order valence-electron chi connectivity index (χ3n) is 14.7. The van der Waals surface area contributed by atoms with E-state index in [1.807, 2.05) is 65.1 Å². The lowest BCUT2D eigenvalue weighted by Crippen LogP contribution is -2.70. The zero-order chi connectivity index (χ0) is 45.8. The molecule has 0 aromatic heterocycles. The molecule has 15 nitrogen and oxygen atoms in total. The van der Waals surface area contributed by atoms with Gasteiger partial charge in [0.15, 0.2) is 18.7 Å². The first-order valence-electron chi connectivity index (χ1n) is 23.2. The third kappa shape index (κ3) is 11.3. The van der Waals surface area contributed by atoms with Crippen LogP contribution in [0.4, 0.5) is 0 Å². The summed E-state index contributed by atoms with van der Waals surface area (Å²) in [6.45, 7) is 18.6. The van der Waals surface area contributed by atoms with Gasteiger partial charge < -0.3 is 69.5 Å². The predicted octanol–water partition coefficient (Wildman–Crippen LogP) is 3.82. The number of para-hydroxylation sites is 1. The van der Waals surface area contributed by atoms with Crippen molar-refractivity contribution in [2.24, 2.45) is 17.8 Å². The van der Waals surface area contributed by atoms with E-state index in [1.165, 1.54) is 6.92 Å². The van der Waals surface area contributed by atoms with Crippen molar-refractivity contribution in [3.63, 3.8) is 0 Å². The van der Waals surface area contributed by atoms with Crippen LogP contribution in [0.3, 0.4) is 0 Å². The van der Waals surface area contributed by atoms with Gasteiger partial charge in [0.05, 0.1) is 42.0 Å². The molecule has 15 heteroatoms. The lowest BCUT2D eigenvalue weighted by molar-refractivity contribution is -0.335. The van der Waals surface area contributed by atoms with E-state index in [2.05, 4.69) is 16.0 Å². The van der Waals surface area contributed by atoms with Crippen LogP contribution in [0.1, 0.15) is 114 Å². The zero-order valence-electron chi connectivity index (χ0n) is 39.5. The number of benzene rings is 1. The fourth-order valence-electron chi connectivity index (χ4n) is 10.2. The Morgan fingerprint density at radius 3 is 2.21 bits per heavy atom. The Morgan fingerprint density at radius 1 is 0.935 bits per heavy atom. The van der Waals surface area contributed by atoms with Crippen LogP contribution in [0.2, 0.25) is 0 Å². The van der Waals surface area contributed by atoms with E-state index < -0.39 is 95.5 Å². The summed E-state index contributed by atoms with van der Waals surface area (Å²) in [7, 11) is 3.44. The van der Waals surface area contributed by atoms with Crippen LogP contribution in [0.25, 0.3) is 0 Å². The lowest BCUT2D eigenvalue weighted by atomic mass is 9.74. The molecule has 0 spiro atoms. The van der Waals surface area contributed by atoms with Crippen molar-refractivity contribution in [2.75, 3.05) is 27.2 Å². The maximum Gasteiger partial charge on any atom is 0.311 e. The molecule has 1 aliphatic carbocycles. The molecule has 3 aliphatic heterocycles. The van der Waals surface area contributed by atoms with Gasteiger partial charge in [-0.05, 0) is 112 Å². The van der Waals surface area contributed by atoms with E-state index in [4.69, 9.17) is 33.2 Å². The molecule has 0 unspecified atom stereocenters. The maximum absolute atomic E-state index is 14.5. The van der Waals surface area contributed by atoms with Gasteiger partial charge in [0.25, 0.3) is 0 Å². The zero-order valence-corrected chi connectivity index (χ0v) is 39.5. The van der Waals surface area contributed by atoms with Gasteiger partial charge in [0.1, 0.15) is 34.8 Å². The number of carbonyl (C=O) groups is 1. The van der Waals surface area contributed by atoms with Gasteiger partial charge in [0, 0.05) is 38.1 Å². The first kappa shape index (κ1) is 51.0. The summed E-state index contributed by atoms with van der Waals surface area (Å²) in [6.07, 6.45) is -3.54. The molecule has 356 valence electrons. The molecule has 4 aliphatic rings. The summed E-state index contributed by atoms with van der Waals surface area (Å²) in [6, 6.07) is 9.00. The fraction of sp³-hybridized carbons (Fsp3) is 0.851. The van der Waals surface area contributed by atoms with Crippen LogP contribution in [-0.2, 0) is 33.2 Å². The highest BCUT2D eigenvalue weighted by Gasteiger charge is 2.59. The second-order valence-electron chi connectivity index (χ2n) is 19.8. The summed E-state index contributed by atoms with van der Waals surface area (Å²) in [5.41, 5.74) is -5.92. The molecule has 62 heavy (non-hydrogen) atoms. The highest BCUT2D eigenvalue weighted by molar-refractivity contribution is 5.73. The second kappa shape index (κ2) is 21.1. The van der Waals surface area contributed by atoms with Crippen molar-refractivity contribution < 1.29 is 58.4 Å². The standard InChI is InChI=1S/C47H81N3O12/c1-13-36-46(10,54)40(51)31(6)49-25-27(2)23-44(8,53)41(62-43-39(35(48-11)22-28(3)57-43)59-34-20-15-14-16-21-34)29(4)38(30(5)42(52)60-36)61-37-24-45(9,56-12)47(55,32(7)58-37)26-50-33-18-17-19-33/h14-16,20-21,27-33,35-41,43,48-51,53-55H,13,17-19,22-26H2,1-12H3/t27-,28-,29+,30-,31-,32+,35+,36-,37+,38+,39-,40-,41-,43+,44-,45-,46-,47+/m1/s1. The number of hydrogen-bond acceptors (Lipinski definition) is 15. The maximum atomic E-state index is 14.5. The van der Waals surface area contributed by atoms with E-state index in [1.54, 1.807) is 41.7 Å². The van der Waals surface area contributed by atoms with Crippen molar-refractivity contribution in [3.05, 3.63) is 30.3 Å². The fourth-order valence-corrected chi connectivity index (χ4v) is 10.2. The molecule has 3 saturated heterocycles. The minimum absolute atomic E-state index is 0.114. The molecule has 1 aromatic rings. The van der Waals surface area contributed by atoms with Gasteiger partial charge in [-0.25, -0.2) is 0 Å². The van der Waals surface area contributed by atoms with E-state index in [-0.39, 0.29) is 43.9 Å². The SMILES string of the molecule is CC[C@H]1OC(=O)[C@H](C)[C@@H](O[C@H]2C[C@@](C)(OC)[C@](O)(CNC3CCC3)[C@H](C)O2)[C@H](C)[C@@H](O[C@@H]2O[C@H](C)C[C@H](NC)[C@H]2Oc2ccccc2)[C@](C)(O)C[C@@H](C)CN[C@H](C)[C@@H](O)[C@]1(C)O. The summed E-state index contributed by atoms with van der Waals surface area (Å²) >= 11 is 0. The molecule has 7 N–H and O–H groups in total. The van der Waals surface area contributed by atoms with Crippen LogP contribution in [-0.4, -0.2) is 149 Å². The third-order valence-corrected chi connectivity index (χ3v) is 14.7. The Kier molecular flexibility index (Phi) is 17.4. The molecular formula is C47H81N3O12. The average Bonchev–Trinajstić information content (AvgIpc) is 3.21. The Balaban J connectivity index is 1.57. The highest BCUT2D eigenvalue weighted by atomic mass is 16.7. The lowest BCUT2D eigenvalue weighted by Gasteiger charge is -2.54. The molecule has 5 rings (SSSR count). The van der Waals surface area contributed by atoms with Crippen LogP contribution < -0.4 is 20.7 Å². The first-order valence-corrected chi connectivity index (χ1v) is 23.2. The number of nitrogens with one attached hydrogen (secondary N) is 3. The van der Waals surface area contributed by atoms with Crippen molar-refractivity contribution in [2.45, 2.75) is 210 Å². The molecule has 1 aromatic carbocycles. The Labute approximate surface area is 370 Å². The number of likely N-dealkylation sites (N-methyl/N-ethyl adjacent to an activating group) is 1. The number of ether oxygens (including phenoxy) is 7. The van der Waals surface area contributed by atoms with Crippen molar-refractivity contribution in [1.29, 1.82) is 0 Å². The first-order chi connectivity index (χ1) is 29.1.